The smallest absolute Gasteiger partial charge is 0.221 e. The maximum Gasteiger partial charge on any atom is 0.221 e. The maximum atomic E-state index is 11.7. The van der Waals surface area contributed by atoms with Crippen LogP contribution in [-0.2, 0) is 11.8 Å². The van der Waals surface area contributed by atoms with E-state index in [0.29, 0.717) is 0 Å². The fraction of sp³-hybridized carbons (Fsp3) is 0.0909. The minimum absolute atomic E-state index is 0. The van der Waals surface area contributed by atoms with Crippen molar-refractivity contribution in [2.45, 2.75) is 16.7 Å². The average Bonchev–Trinajstić information content (AvgIpc) is 2.65. The van der Waals surface area contributed by atoms with Crippen molar-refractivity contribution in [2.75, 3.05) is 5.32 Å². The van der Waals surface area contributed by atoms with Gasteiger partial charge in [0.2, 0.25) is 16.9 Å². The number of rotatable bonds is 1. The zero-order chi connectivity index (χ0) is 17.8. The minimum atomic E-state index is -0.0505. The topological polar surface area (TPSA) is 33.0 Å². The van der Waals surface area contributed by atoms with Crippen molar-refractivity contribution in [3.8, 4) is 11.1 Å². The molecule has 3 nitrogen and oxygen atoms in total. The highest BCUT2D eigenvalue weighted by Crippen LogP contribution is 2.51. The lowest BCUT2D eigenvalue weighted by molar-refractivity contribution is -0.617. The van der Waals surface area contributed by atoms with Gasteiger partial charge in [0.15, 0.2) is 0 Å². The Morgan fingerprint density at radius 3 is 2.52 bits per heavy atom. The summed E-state index contributed by atoms with van der Waals surface area (Å²) in [5.74, 6) is -0.0505. The molecular formula is C22H17IN2OS. The SMILES string of the molecule is CC(=O)Nc1cccc2c1-c1cccc3c1c(c1ccccc1[n+]3C)S2.[I-]. The van der Waals surface area contributed by atoms with Gasteiger partial charge in [-0.1, -0.05) is 42.1 Å². The van der Waals surface area contributed by atoms with Crippen LogP contribution >= 0.6 is 11.8 Å². The van der Waals surface area contributed by atoms with Crippen LogP contribution in [0.4, 0.5) is 5.69 Å². The van der Waals surface area contributed by atoms with Crippen LogP contribution in [0.1, 0.15) is 6.92 Å². The molecule has 0 bridgehead atoms. The second kappa shape index (κ2) is 6.80. The predicted molar refractivity (Wildman–Crippen MR) is 106 cm³/mol. The van der Waals surface area contributed by atoms with Gasteiger partial charge in [0.25, 0.3) is 0 Å². The summed E-state index contributed by atoms with van der Waals surface area (Å²) in [5, 5.41) is 5.51. The Kier molecular flexibility index (Phi) is 4.60. The second-order valence-corrected chi connectivity index (χ2v) is 7.62. The van der Waals surface area contributed by atoms with Crippen LogP contribution in [-0.4, -0.2) is 5.91 Å². The van der Waals surface area contributed by atoms with Gasteiger partial charge in [0.05, 0.1) is 10.8 Å². The number of para-hydroxylation sites is 1. The van der Waals surface area contributed by atoms with Gasteiger partial charge in [-0.25, -0.2) is 0 Å². The first-order valence-corrected chi connectivity index (χ1v) is 9.39. The largest absolute Gasteiger partial charge is 1.00 e. The molecule has 0 unspecified atom stereocenters. The quantitative estimate of drug-likeness (QED) is 0.224. The molecule has 1 aliphatic heterocycles. The van der Waals surface area contributed by atoms with E-state index in [9.17, 15) is 4.79 Å². The first-order chi connectivity index (χ1) is 12.6. The monoisotopic (exact) mass is 484 g/mol. The summed E-state index contributed by atoms with van der Waals surface area (Å²) in [7, 11) is 2.12. The van der Waals surface area contributed by atoms with Gasteiger partial charge >= 0.3 is 0 Å². The van der Waals surface area contributed by atoms with E-state index < -0.39 is 0 Å². The van der Waals surface area contributed by atoms with Crippen LogP contribution in [0.3, 0.4) is 0 Å². The highest BCUT2D eigenvalue weighted by Gasteiger charge is 2.28. The third-order valence-corrected chi connectivity index (χ3v) is 6.15. The van der Waals surface area contributed by atoms with Crippen molar-refractivity contribution in [3.05, 3.63) is 60.7 Å². The molecule has 0 aliphatic carbocycles. The lowest BCUT2D eigenvalue weighted by Gasteiger charge is -2.22. The number of pyridine rings is 1. The predicted octanol–water partition coefficient (Wildman–Crippen LogP) is 1.91. The summed E-state index contributed by atoms with van der Waals surface area (Å²) in [6.07, 6.45) is 0. The zero-order valence-electron chi connectivity index (χ0n) is 14.9. The Morgan fingerprint density at radius 2 is 1.70 bits per heavy atom. The molecule has 1 aromatic heterocycles. The fourth-order valence-corrected chi connectivity index (χ4v) is 5.18. The Bertz CT molecular complexity index is 1240. The molecule has 2 heterocycles. The third-order valence-electron chi connectivity index (χ3n) is 4.96. The van der Waals surface area contributed by atoms with Crippen LogP contribution in [0.2, 0.25) is 0 Å². The van der Waals surface area contributed by atoms with E-state index in [4.69, 9.17) is 0 Å². The number of amides is 1. The van der Waals surface area contributed by atoms with Gasteiger partial charge < -0.3 is 29.3 Å². The highest BCUT2D eigenvalue weighted by atomic mass is 127. The average molecular weight is 484 g/mol. The van der Waals surface area contributed by atoms with E-state index in [1.165, 1.54) is 37.2 Å². The molecular weight excluding hydrogens is 467 g/mol. The molecule has 0 saturated carbocycles. The van der Waals surface area contributed by atoms with Crippen LogP contribution in [0.5, 0.6) is 0 Å². The molecule has 3 aromatic carbocycles. The summed E-state index contributed by atoms with van der Waals surface area (Å²) in [4.78, 5) is 14.2. The van der Waals surface area contributed by atoms with Gasteiger partial charge in [-0.15, -0.1) is 0 Å². The maximum absolute atomic E-state index is 11.7. The molecule has 0 spiro atoms. The molecule has 0 saturated heterocycles. The molecule has 0 atom stereocenters. The first-order valence-electron chi connectivity index (χ1n) is 8.57. The van der Waals surface area contributed by atoms with Gasteiger partial charge in [0, 0.05) is 40.1 Å². The number of carbonyl (C=O) groups excluding carboxylic acids is 1. The number of aryl methyl sites for hydroxylation is 1. The third kappa shape index (κ3) is 2.72. The Balaban J connectivity index is 0.00000180. The standard InChI is InChI=1S/C22H16N2OS.HI/c1-13(25)23-16-9-6-12-19-20(16)15-8-5-11-18-21(15)22(26-19)14-7-3-4-10-17(14)24(18)2;/h3-12H,1-2H3;1H. The van der Waals surface area contributed by atoms with Crippen molar-refractivity contribution < 1.29 is 33.3 Å². The number of aromatic nitrogens is 1. The summed E-state index contributed by atoms with van der Waals surface area (Å²) in [6.45, 7) is 1.55. The number of nitrogens with one attached hydrogen (secondary N) is 1. The number of hydrogen-bond acceptors (Lipinski definition) is 2. The Labute approximate surface area is 178 Å². The molecule has 27 heavy (non-hydrogen) atoms. The first kappa shape index (κ1) is 18.3. The lowest BCUT2D eigenvalue weighted by Crippen LogP contribution is -3.00. The lowest BCUT2D eigenvalue weighted by atomic mass is 9.96. The Morgan fingerprint density at radius 1 is 0.963 bits per heavy atom. The van der Waals surface area contributed by atoms with Crippen molar-refractivity contribution in [2.24, 2.45) is 7.05 Å². The Hall–Kier alpha value is -2.12. The molecule has 1 amide bonds. The van der Waals surface area contributed by atoms with E-state index in [1.807, 2.05) is 12.1 Å². The molecule has 0 radical (unpaired) electrons. The van der Waals surface area contributed by atoms with Crippen LogP contribution < -0.4 is 33.9 Å². The summed E-state index contributed by atoms with van der Waals surface area (Å²) in [5.41, 5.74) is 5.59. The summed E-state index contributed by atoms with van der Waals surface area (Å²) < 4.78 is 2.25. The summed E-state index contributed by atoms with van der Waals surface area (Å²) in [6, 6.07) is 21.1. The van der Waals surface area contributed by atoms with Gasteiger partial charge in [-0.05, 0) is 23.8 Å². The fourth-order valence-electron chi connectivity index (χ4n) is 3.89. The van der Waals surface area contributed by atoms with Crippen LogP contribution in [0.25, 0.3) is 32.9 Å². The molecule has 4 aromatic rings. The molecule has 0 fully saturated rings. The number of anilines is 1. The minimum Gasteiger partial charge on any atom is -1.00 e. The molecule has 5 heteroatoms. The number of fused-ring (bicyclic) bond motifs is 4. The number of nitrogens with zero attached hydrogens (tertiary/aromatic N) is 1. The molecule has 1 N–H and O–H groups in total. The van der Waals surface area contributed by atoms with Crippen LogP contribution in [0, 0.1) is 0 Å². The van der Waals surface area contributed by atoms with Crippen molar-refractivity contribution in [1.29, 1.82) is 0 Å². The van der Waals surface area contributed by atoms with E-state index in [-0.39, 0.29) is 29.9 Å². The summed E-state index contributed by atoms with van der Waals surface area (Å²) >= 11 is 1.79. The van der Waals surface area contributed by atoms with E-state index >= 15 is 0 Å². The number of halogens is 1. The second-order valence-electron chi connectivity index (χ2n) is 6.57. The van der Waals surface area contributed by atoms with Gasteiger partial charge in [0.1, 0.15) is 7.05 Å². The van der Waals surface area contributed by atoms with Gasteiger partial charge in [-0.2, -0.15) is 4.57 Å². The van der Waals surface area contributed by atoms with Crippen LogP contribution in [0.15, 0.2) is 70.5 Å². The zero-order valence-corrected chi connectivity index (χ0v) is 17.9. The van der Waals surface area contributed by atoms with E-state index in [2.05, 4.69) is 65.5 Å². The van der Waals surface area contributed by atoms with Crippen molar-refractivity contribution in [3.63, 3.8) is 0 Å². The van der Waals surface area contributed by atoms with Crippen molar-refractivity contribution >= 4 is 45.2 Å². The molecule has 134 valence electrons. The number of benzene rings is 3. The molecule has 5 rings (SSSR count). The molecule has 1 aliphatic rings. The number of hydrogen-bond donors (Lipinski definition) is 1. The van der Waals surface area contributed by atoms with Gasteiger partial charge in [-0.3, -0.25) is 4.79 Å². The number of carbonyl (C=O) groups is 1. The van der Waals surface area contributed by atoms with E-state index in [1.54, 1.807) is 18.7 Å². The van der Waals surface area contributed by atoms with E-state index in [0.717, 1.165) is 11.3 Å². The van der Waals surface area contributed by atoms with Crippen molar-refractivity contribution in [1.82, 2.24) is 0 Å². The normalized spacial score (nSPS) is 11.8. The highest BCUT2D eigenvalue weighted by molar-refractivity contribution is 8.00.